The third-order valence-corrected chi connectivity index (χ3v) is 2.51. The highest BCUT2D eigenvalue weighted by molar-refractivity contribution is 5.66. The van der Waals surface area contributed by atoms with E-state index in [4.69, 9.17) is 24.1 Å². The summed E-state index contributed by atoms with van der Waals surface area (Å²) in [6.45, 7) is 10.1. The second-order valence-corrected chi connectivity index (χ2v) is 4.77. The molecule has 0 aromatic heterocycles. The molecule has 0 spiro atoms. The van der Waals surface area contributed by atoms with E-state index in [0.717, 1.165) is 0 Å². The number of carbonyl (C=O) groups is 1. The standard InChI is InChI=1S/C14H28O6/c1-5-17-8-11(2)19-10-13(4)20-9-12(3)18-7-6-14(15)16/h11-13H,5-10H2,1-4H3,(H,15,16). The van der Waals surface area contributed by atoms with E-state index in [2.05, 4.69) is 0 Å². The zero-order chi connectivity index (χ0) is 15.4. The molecule has 0 aromatic carbocycles. The number of hydrogen-bond donors (Lipinski definition) is 1. The summed E-state index contributed by atoms with van der Waals surface area (Å²) in [5.74, 6) is -0.858. The van der Waals surface area contributed by atoms with E-state index in [1.807, 2.05) is 27.7 Å². The normalized spacial score (nSPS) is 15.8. The van der Waals surface area contributed by atoms with Crippen LogP contribution in [0.3, 0.4) is 0 Å². The Morgan fingerprint density at radius 2 is 1.45 bits per heavy atom. The van der Waals surface area contributed by atoms with Crippen LogP contribution in [0.25, 0.3) is 0 Å². The summed E-state index contributed by atoms with van der Waals surface area (Å²) in [6.07, 6.45) is -0.106. The molecule has 0 aromatic rings. The molecule has 1 N–H and O–H groups in total. The van der Waals surface area contributed by atoms with Crippen LogP contribution < -0.4 is 0 Å². The highest BCUT2D eigenvalue weighted by Gasteiger charge is 2.10. The van der Waals surface area contributed by atoms with Crippen molar-refractivity contribution in [1.29, 1.82) is 0 Å². The van der Waals surface area contributed by atoms with Gasteiger partial charge in [-0.25, -0.2) is 0 Å². The van der Waals surface area contributed by atoms with Gasteiger partial charge in [-0.2, -0.15) is 0 Å². The predicted molar refractivity (Wildman–Crippen MR) is 75.0 cm³/mol. The maximum atomic E-state index is 10.3. The van der Waals surface area contributed by atoms with Gasteiger partial charge in [-0.15, -0.1) is 0 Å². The third-order valence-electron chi connectivity index (χ3n) is 2.51. The molecule has 0 saturated heterocycles. The molecule has 0 radical (unpaired) electrons. The maximum Gasteiger partial charge on any atom is 0.305 e. The molecule has 0 saturated carbocycles. The summed E-state index contributed by atoms with van der Waals surface area (Å²) in [5, 5.41) is 8.49. The Bertz CT molecular complexity index is 246. The predicted octanol–water partition coefficient (Wildman–Crippen LogP) is 1.71. The smallest absolute Gasteiger partial charge is 0.305 e. The summed E-state index contributed by atoms with van der Waals surface area (Å²) in [7, 11) is 0. The van der Waals surface area contributed by atoms with Crippen LogP contribution in [0, 0.1) is 0 Å². The molecule has 0 fully saturated rings. The van der Waals surface area contributed by atoms with Crippen molar-refractivity contribution in [2.24, 2.45) is 0 Å². The molecule has 0 aliphatic carbocycles. The number of ether oxygens (including phenoxy) is 4. The van der Waals surface area contributed by atoms with E-state index < -0.39 is 5.97 Å². The van der Waals surface area contributed by atoms with Gasteiger partial charge in [0, 0.05) is 6.61 Å². The number of carboxylic acids is 1. The van der Waals surface area contributed by atoms with Crippen LogP contribution in [0.2, 0.25) is 0 Å². The van der Waals surface area contributed by atoms with Gasteiger partial charge in [0.25, 0.3) is 0 Å². The van der Waals surface area contributed by atoms with E-state index in [0.29, 0.717) is 26.4 Å². The Morgan fingerprint density at radius 1 is 0.950 bits per heavy atom. The second-order valence-electron chi connectivity index (χ2n) is 4.77. The molecular weight excluding hydrogens is 264 g/mol. The number of hydrogen-bond acceptors (Lipinski definition) is 5. The fourth-order valence-electron chi connectivity index (χ4n) is 1.38. The van der Waals surface area contributed by atoms with Gasteiger partial charge in [-0.1, -0.05) is 0 Å². The average molecular weight is 292 g/mol. The summed E-state index contributed by atoms with van der Waals surface area (Å²) in [4.78, 5) is 10.3. The minimum atomic E-state index is -0.858. The quantitative estimate of drug-likeness (QED) is 0.557. The fraction of sp³-hybridized carbons (Fsp3) is 0.929. The van der Waals surface area contributed by atoms with Crippen LogP contribution in [0.4, 0.5) is 0 Å². The first-order valence-electron chi connectivity index (χ1n) is 7.10. The first kappa shape index (κ1) is 19.3. The molecule has 0 aliphatic heterocycles. The van der Waals surface area contributed by atoms with Gasteiger partial charge in [-0.05, 0) is 27.7 Å². The average Bonchev–Trinajstić information content (AvgIpc) is 2.40. The second kappa shape index (κ2) is 12.1. The van der Waals surface area contributed by atoms with Crippen LogP contribution >= 0.6 is 0 Å². The van der Waals surface area contributed by atoms with E-state index in [1.54, 1.807) is 0 Å². The van der Waals surface area contributed by atoms with Gasteiger partial charge in [-0.3, -0.25) is 4.79 Å². The summed E-state index contributed by atoms with van der Waals surface area (Å²) in [5.41, 5.74) is 0. The summed E-state index contributed by atoms with van der Waals surface area (Å²) >= 11 is 0. The first-order valence-corrected chi connectivity index (χ1v) is 7.10. The van der Waals surface area contributed by atoms with Crippen molar-refractivity contribution in [3.63, 3.8) is 0 Å². The number of rotatable bonds is 13. The Morgan fingerprint density at radius 3 is 1.95 bits per heavy atom. The molecule has 6 heteroatoms. The van der Waals surface area contributed by atoms with Crippen LogP contribution in [0.15, 0.2) is 0 Å². The zero-order valence-corrected chi connectivity index (χ0v) is 13.0. The molecule has 0 amide bonds. The largest absolute Gasteiger partial charge is 0.481 e. The van der Waals surface area contributed by atoms with Crippen LogP contribution in [-0.2, 0) is 23.7 Å². The first-order chi connectivity index (χ1) is 9.45. The van der Waals surface area contributed by atoms with Gasteiger partial charge in [0.1, 0.15) is 0 Å². The van der Waals surface area contributed by atoms with Gasteiger partial charge in [0.15, 0.2) is 0 Å². The van der Waals surface area contributed by atoms with Crippen molar-refractivity contribution in [1.82, 2.24) is 0 Å². The highest BCUT2D eigenvalue weighted by atomic mass is 16.6. The van der Waals surface area contributed by atoms with Gasteiger partial charge in [0.2, 0.25) is 0 Å². The Kier molecular flexibility index (Phi) is 11.7. The third kappa shape index (κ3) is 12.3. The lowest BCUT2D eigenvalue weighted by Gasteiger charge is -2.19. The van der Waals surface area contributed by atoms with Crippen LogP contribution in [-0.4, -0.2) is 62.4 Å². The lowest BCUT2D eigenvalue weighted by molar-refractivity contribution is -0.139. The molecule has 0 rings (SSSR count). The van der Waals surface area contributed by atoms with Gasteiger partial charge >= 0.3 is 5.97 Å². The molecule has 20 heavy (non-hydrogen) atoms. The number of aliphatic carboxylic acids is 1. The molecule has 3 atom stereocenters. The monoisotopic (exact) mass is 292 g/mol. The summed E-state index contributed by atoms with van der Waals surface area (Å²) < 4.78 is 21.7. The van der Waals surface area contributed by atoms with Crippen molar-refractivity contribution in [2.75, 3.05) is 33.0 Å². The van der Waals surface area contributed by atoms with Crippen LogP contribution in [0.5, 0.6) is 0 Å². The lowest BCUT2D eigenvalue weighted by atomic mass is 10.4. The van der Waals surface area contributed by atoms with Crippen molar-refractivity contribution in [2.45, 2.75) is 52.4 Å². The van der Waals surface area contributed by atoms with Crippen molar-refractivity contribution in [3.8, 4) is 0 Å². The Balaban J connectivity index is 3.55. The molecule has 3 unspecified atom stereocenters. The zero-order valence-electron chi connectivity index (χ0n) is 13.0. The Hall–Kier alpha value is -0.690. The SMILES string of the molecule is CCOCC(C)OCC(C)OCC(C)OCCC(=O)O. The van der Waals surface area contributed by atoms with Gasteiger partial charge < -0.3 is 24.1 Å². The molecule has 6 nitrogen and oxygen atoms in total. The maximum absolute atomic E-state index is 10.3. The van der Waals surface area contributed by atoms with Crippen molar-refractivity contribution >= 4 is 5.97 Å². The van der Waals surface area contributed by atoms with Crippen molar-refractivity contribution in [3.05, 3.63) is 0 Å². The lowest BCUT2D eigenvalue weighted by Crippen LogP contribution is -2.27. The fourth-order valence-corrected chi connectivity index (χ4v) is 1.38. The highest BCUT2D eigenvalue weighted by Crippen LogP contribution is 2.01. The van der Waals surface area contributed by atoms with Crippen molar-refractivity contribution < 1.29 is 28.8 Å². The topological polar surface area (TPSA) is 74.2 Å². The number of carboxylic acid groups (broad SMARTS) is 1. The van der Waals surface area contributed by atoms with Crippen LogP contribution in [0.1, 0.15) is 34.1 Å². The molecule has 0 heterocycles. The van der Waals surface area contributed by atoms with E-state index >= 15 is 0 Å². The summed E-state index contributed by atoms with van der Waals surface area (Å²) in [6, 6.07) is 0. The Labute approximate surface area is 121 Å². The molecule has 0 aliphatic rings. The molecular formula is C14H28O6. The molecule has 120 valence electrons. The minimum Gasteiger partial charge on any atom is -0.481 e. The van der Waals surface area contributed by atoms with Gasteiger partial charge in [0.05, 0.1) is 51.2 Å². The van der Waals surface area contributed by atoms with E-state index in [9.17, 15) is 4.79 Å². The van der Waals surface area contributed by atoms with E-state index in [1.165, 1.54) is 0 Å². The molecule has 0 bridgehead atoms. The van der Waals surface area contributed by atoms with E-state index in [-0.39, 0.29) is 31.3 Å². The minimum absolute atomic E-state index is 0.0119.